The fraction of sp³-hybridized carbons (Fsp3) is 0.0769. The number of nitrogens with two attached hydrogens (primary N) is 1. The third-order valence-corrected chi connectivity index (χ3v) is 2.24. The number of hydrogen-bond donors (Lipinski definition) is 1. The topological polar surface area (TPSA) is 65.2 Å². The van der Waals surface area contributed by atoms with Gasteiger partial charge in [-0.15, -0.1) is 0 Å². The molecule has 0 aliphatic heterocycles. The first-order chi connectivity index (χ1) is 8.27. The molecule has 0 fully saturated rings. The Hall–Kier alpha value is -2.36. The van der Waals surface area contributed by atoms with Crippen molar-refractivity contribution in [2.45, 2.75) is 6.61 Å². The summed E-state index contributed by atoms with van der Waals surface area (Å²) < 4.78 is 5.52. The Morgan fingerprint density at radius 3 is 2.65 bits per heavy atom. The number of primary amides is 1. The molecule has 0 atom stereocenters. The van der Waals surface area contributed by atoms with Gasteiger partial charge in [-0.25, -0.2) is 4.98 Å². The van der Waals surface area contributed by atoms with E-state index in [9.17, 15) is 4.79 Å². The van der Waals surface area contributed by atoms with E-state index in [0.717, 1.165) is 5.56 Å². The molecule has 4 heteroatoms. The third kappa shape index (κ3) is 2.81. The zero-order valence-corrected chi connectivity index (χ0v) is 9.17. The number of rotatable bonds is 4. The molecule has 0 radical (unpaired) electrons. The van der Waals surface area contributed by atoms with Gasteiger partial charge in [0.25, 0.3) is 5.91 Å². The minimum absolute atomic E-state index is 0.156. The highest BCUT2D eigenvalue weighted by molar-refractivity contribution is 5.93. The lowest BCUT2D eigenvalue weighted by atomic mass is 10.2. The molecule has 2 N–H and O–H groups in total. The van der Waals surface area contributed by atoms with E-state index >= 15 is 0 Å². The van der Waals surface area contributed by atoms with Crippen LogP contribution in [0.25, 0.3) is 0 Å². The number of amides is 1. The molecule has 0 saturated carbocycles. The number of pyridine rings is 1. The average molecular weight is 228 g/mol. The smallest absolute Gasteiger partial charge is 0.271 e. The quantitative estimate of drug-likeness (QED) is 0.867. The van der Waals surface area contributed by atoms with Gasteiger partial charge < -0.3 is 10.5 Å². The highest BCUT2D eigenvalue weighted by Crippen LogP contribution is 2.16. The number of benzene rings is 1. The summed E-state index contributed by atoms with van der Waals surface area (Å²) in [7, 11) is 0. The van der Waals surface area contributed by atoms with Crippen molar-refractivity contribution in [3.8, 4) is 5.75 Å². The summed E-state index contributed by atoms with van der Waals surface area (Å²) in [4.78, 5) is 15.0. The number of carbonyl (C=O) groups excluding carboxylic acids is 1. The first-order valence-corrected chi connectivity index (χ1v) is 5.19. The van der Waals surface area contributed by atoms with Gasteiger partial charge in [-0.05, 0) is 17.7 Å². The van der Waals surface area contributed by atoms with E-state index < -0.39 is 5.91 Å². The van der Waals surface area contributed by atoms with Crippen LogP contribution in [0, 0.1) is 0 Å². The Balaban J connectivity index is 2.12. The van der Waals surface area contributed by atoms with Crippen molar-refractivity contribution in [3.63, 3.8) is 0 Å². The molecule has 2 aromatic rings. The van der Waals surface area contributed by atoms with E-state index in [-0.39, 0.29) is 5.69 Å². The summed E-state index contributed by atoms with van der Waals surface area (Å²) >= 11 is 0. The van der Waals surface area contributed by atoms with Crippen molar-refractivity contribution < 1.29 is 9.53 Å². The summed E-state index contributed by atoms with van der Waals surface area (Å²) in [5.41, 5.74) is 6.38. The number of nitrogens with zero attached hydrogens (tertiary/aromatic N) is 1. The monoisotopic (exact) mass is 228 g/mol. The Morgan fingerprint density at radius 1 is 1.18 bits per heavy atom. The second-order valence-electron chi connectivity index (χ2n) is 3.49. The standard InChI is InChI=1S/C13H12N2O2/c14-13(16)12-11(7-4-8-15-12)17-9-10-5-2-1-3-6-10/h1-8H,9H2,(H2,14,16). The van der Waals surface area contributed by atoms with Crippen LogP contribution in [0.4, 0.5) is 0 Å². The van der Waals surface area contributed by atoms with Gasteiger partial charge in [-0.2, -0.15) is 0 Å². The number of carbonyl (C=O) groups is 1. The second-order valence-corrected chi connectivity index (χ2v) is 3.49. The molecule has 0 saturated heterocycles. The molecule has 1 aromatic carbocycles. The highest BCUT2D eigenvalue weighted by atomic mass is 16.5. The van der Waals surface area contributed by atoms with Crippen molar-refractivity contribution in [2.24, 2.45) is 5.73 Å². The number of ether oxygens (including phenoxy) is 1. The molecule has 17 heavy (non-hydrogen) atoms. The van der Waals surface area contributed by atoms with E-state index in [4.69, 9.17) is 10.5 Å². The summed E-state index contributed by atoms with van der Waals surface area (Å²) in [6.07, 6.45) is 1.51. The Morgan fingerprint density at radius 2 is 1.94 bits per heavy atom. The average Bonchev–Trinajstić information content (AvgIpc) is 2.38. The predicted octanol–water partition coefficient (Wildman–Crippen LogP) is 1.76. The van der Waals surface area contributed by atoms with Gasteiger partial charge in [0.05, 0.1) is 0 Å². The van der Waals surface area contributed by atoms with Crippen LogP contribution in [-0.4, -0.2) is 10.9 Å². The van der Waals surface area contributed by atoms with Crippen molar-refractivity contribution in [1.29, 1.82) is 0 Å². The van der Waals surface area contributed by atoms with Crippen LogP contribution in [0.15, 0.2) is 48.7 Å². The largest absolute Gasteiger partial charge is 0.486 e. The normalized spacial score (nSPS) is 9.88. The van der Waals surface area contributed by atoms with E-state index in [1.165, 1.54) is 6.20 Å². The first-order valence-electron chi connectivity index (χ1n) is 5.19. The Bertz CT molecular complexity index is 512. The molecular weight excluding hydrogens is 216 g/mol. The van der Waals surface area contributed by atoms with E-state index in [0.29, 0.717) is 12.4 Å². The van der Waals surface area contributed by atoms with Crippen LogP contribution < -0.4 is 10.5 Å². The predicted molar refractivity (Wildman–Crippen MR) is 63.5 cm³/mol. The minimum atomic E-state index is -0.589. The van der Waals surface area contributed by atoms with Gasteiger partial charge >= 0.3 is 0 Å². The molecular formula is C13H12N2O2. The van der Waals surface area contributed by atoms with E-state index in [2.05, 4.69) is 4.98 Å². The summed E-state index contributed by atoms with van der Waals surface area (Å²) in [5.74, 6) is -0.183. The van der Waals surface area contributed by atoms with Gasteiger partial charge in [0.15, 0.2) is 11.4 Å². The maximum atomic E-state index is 11.1. The second kappa shape index (κ2) is 5.12. The Kier molecular flexibility index (Phi) is 3.35. The molecule has 0 spiro atoms. The molecule has 2 rings (SSSR count). The zero-order valence-electron chi connectivity index (χ0n) is 9.17. The van der Waals surface area contributed by atoms with Crippen molar-refractivity contribution in [3.05, 3.63) is 59.9 Å². The number of aromatic nitrogens is 1. The Labute approximate surface area is 99.1 Å². The molecule has 0 aliphatic rings. The lowest BCUT2D eigenvalue weighted by Crippen LogP contribution is -2.14. The third-order valence-electron chi connectivity index (χ3n) is 2.24. The molecule has 1 aromatic heterocycles. The minimum Gasteiger partial charge on any atom is -0.486 e. The van der Waals surface area contributed by atoms with Crippen LogP contribution in [-0.2, 0) is 6.61 Å². The maximum absolute atomic E-state index is 11.1. The van der Waals surface area contributed by atoms with Gasteiger partial charge in [0.2, 0.25) is 0 Å². The van der Waals surface area contributed by atoms with E-state index in [1.807, 2.05) is 30.3 Å². The summed E-state index contributed by atoms with van der Waals surface area (Å²) in [5, 5.41) is 0. The van der Waals surface area contributed by atoms with Gasteiger partial charge in [-0.1, -0.05) is 30.3 Å². The van der Waals surface area contributed by atoms with Gasteiger partial charge in [-0.3, -0.25) is 4.79 Å². The van der Waals surface area contributed by atoms with Crippen molar-refractivity contribution in [2.75, 3.05) is 0 Å². The SMILES string of the molecule is NC(=O)c1ncccc1OCc1ccccc1. The lowest BCUT2D eigenvalue weighted by Gasteiger charge is -2.08. The van der Waals surface area contributed by atoms with Gasteiger partial charge in [0, 0.05) is 6.20 Å². The number of hydrogen-bond acceptors (Lipinski definition) is 3. The molecule has 1 heterocycles. The molecule has 0 bridgehead atoms. The van der Waals surface area contributed by atoms with Crippen LogP contribution in [0.3, 0.4) is 0 Å². The highest BCUT2D eigenvalue weighted by Gasteiger charge is 2.09. The first kappa shape index (κ1) is 11.1. The van der Waals surface area contributed by atoms with Crippen molar-refractivity contribution in [1.82, 2.24) is 4.98 Å². The lowest BCUT2D eigenvalue weighted by molar-refractivity contribution is 0.0990. The van der Waals surface area contributed by atoms with Crippen LogP contribution in [0.2, 0.25) is 0 Å². The van der Waals surface area contributed by atoms with Crippen LogP contribution in [0.5, 0.6) is 5.75 Å². The molecule has 0 aliphatic carbocycles. The fourth-order valence-corrected chi connectivity index (χ4v) is 1.43. The molecule has 0 unspecified atom stereocenters. The van der Waals surface area contributed by atoms with Gasteiger partial charge in [0.1, 0.15) is 6.61 Å². The maximum Gasteiger partial charge on any atom is 0.271 e. The van der Waals surface area contributed by atoms with Crippen molar-refractivity contribution >= 4 is 5.91 Å². The van der Waals surface area contributed by atoms with Crippen LogP contribution in [0.1, 0.15) is 16.1 Å². The van der Waals surface area contributed by atoms with E-state index in [1.54, 1.807) is 12.1 Å². The van der Waals surface area contributed by atoms with Crippen LogP contribution >= 0.6 is 0 Å². The molecule has 86 valence electrons. The summed E-state index contributed by atoms with van der Waals surface area (Å²) in [6, 6.07) is 13.1. The molecule has 1 amide bonds. The molecule has 4 nitrogen and oxygen atoms in total. The zero-order chi connectivity index (χ0) is 12.1. The summed E-state index contributed by atoms with van der Waals surface area (Å²) in [6.45, 7) is 0.382. The fourth-order valence-electron chi connectivity index (χ4n) is 1.43.